The van der Waals surface area contributed by atoms with Crippen LogP contribution in [0.3, 0.4) is 0 Å². The Morgan fingerprint density at radius 1 is 0.852 bits per heavy atom. The first-order valence-electron chi connectivity index (χ1n) is 8.07. The van der Waals surface area contributed by atoms with Crippen LogP contribution in [0.1, 0.15) is 15.9 Å². The van der Waals surface area contributed by atoms with Gasteiger partial charge in [0.1, 0.15) is 18.1 Å². The fraction of sp³-hybridized carbons (Fsp3) is 0.0952. The molecule has 0 N–H and O–H groups in total. The largest absolute Gasteiger partial charge is 0.573 e. The zero-order valence-corrected chi connectivity index (χ0v) is 14.1. The first-order chi connectivity index (χ1) is 13.0. The molecule has 3 nitrogen and oxygen atoms in total. The van der Waals surface area contributed by atoms with E-state index in [0.29, 0.717) is 35.3 Å². The van der Waals surface area contributed by atoms with Gasteiger partial charge in [0.2, 0.25) is 0 Å². The average molecular weight is 372 g/mol. The average Bonchev–Trinajstić information content (AvgIpc) is 2.66. The van der Waals surface area contributed by atoms with Gasteiger partial charge in [0.15, 0.2) is 6.29 Å². The Kier molecular flexibility index (Phi) is 5.45. The molecule has 0 unspecified atom stereocenters. The molecule has 3 rings (SSSR count). The molecule has 0 fully saturated rings. The third kappa shape index (κ3) is 4.88. The van der Waals surface area contributed by atoms with Crippen molar-refractivity contribution in [2.24, 2.45) is 0 Å². The molecule has 0 atom stereocenters. The highest BCUT2D eigenvalue weighted by Crippen LogP contribution is 2.32. The number of ether oxygens (including phenoxy) is 2. The molecule has 3 aromatic rings. The number of carbonyl (C=O) groups excluding carboxylic acids is 1. The zero-order chi connectivity index (χ0) is 19.3. The molecule has 0 heterocycles. The smallest absolute Gasteiger partial charge is 0.488 e. The molecule has 0 spiro atoms. The van der Waals surface area contributed by atoms with Crippen LogP contribution in [-0.2, 0) is 6.61 Å². The van der Waals surface area contributed by atoms with Crippen LogP contribution in [0, 0.1) is 0 Å². The van der Waals surface area contributed by atoms with Gasteiger partial charge >= 0.3 is 6.36 Å². The number of halogens is 3. The van der Waals surface area contributed by atoms with E-state index in [1.165, 1.54) is 24.3 Å². The van der Waals surface area contributed by atoms with Crippen LogP contribution >= 0.6 is 0 Å². The van der Waals surface area contributed by atoms with Gasteiger partial charge in [-0.2, -0.15) is 0 Å². The molecule has 0 saturated heterocycles. The van der Waals surface area contributed by atoms with Crippen molar-refractivity contribution in [1.29, 1.82) is 0 Å². The fourth-order valence-electron chi connectivity index (χ4n) is 2.61. The lowest BCUT2D eigenvalue weighted by Crippen LogP contribution is -2.16. The topological polar surface area (TPSA) is 35.5 Å². The number of carbonyl (C=O) groups is 1. The molecule has 0 aliphatic heterocycles. The van der Waals surface area contributed by atoms with Crippen LogP contribution < -0.4 is 9.47 Å². The third-order valence-corrected chi connectivity index (χ3v) is 3.82. The SMILES string of the molecule is O=Cc1c(OCc2ccccc2)cccc1-c1ccc(OC(F)(F)F)cc1. The highest BCUT2D eigenvalue weighted by Gasteiger charge is 2.31. The number of alkyl halides is 3. The minimum atomic E-state index is -4.75. The van der Waals surface area contributed by atoms with Gasteiger partial charge in [0, 0.05) is 0 Å². The molecule has 0 bridgehead atoms. The van der Waals surface area contributed by atoms with Crippen molar-refractivity contribution in [3.8, 4) is 22.6 Å². The summed E-state index contributed by atoms with van der Waals surface area (Å²) in [6.45, 7) is 0.295. The molecule has 0 radical (unpaired) electrons. The number of hydrogen-bond acceptors (Lipinski definition) is 3. The zero-order valence-electron chi connectivity index (χ0n) is 14.1. The van der Waals surface area contributed by atoms with Crippen molar-refractivity contribution in [3.05, 3.63) is 83.9 Å². The first kappa shape index (κ1) is 18.5. The van der Waals surface area contributed by atoms with Crippen molar-refractivity contribution in [2.75, 3.05) is 0 Å². The van der Waals surface area contributed by atoms with Crippen LogP contribution in [0.25, 0.3) is 11.1 Å². The monoisotopic (exact) mass is 372 g/mol. The Hall–Kier alpha value is -3.28. The molecule has 0 amide bonds. The van der Waals surface area contributed by atoms with Crippen molar-refractivity contribution in [2.45, 2.75) is 13.0 Å². The number of rotatable bonds is 6. The van der Waals surface area contributed by atoms with Gasteiger partial charge in [-0.25, -0.2) is 0 Å². The Bertz CT molecular complexity index is 904. The van der Waals surface area contributed by atoms with E-state index < -0.39 is 6.36 Å². The molecule has 0 saturated carbocycles. The van der Waals surface area contributed by atoms with Crippen LogP contribution in [0.4, 0.5) is 13.2 Å². The summed E-state index contributed by atoms with van der Waals surface area (Å²) in [4.78, 5) is 11.6. The minimum absolute atomic E-state index is 0.295. The highest BCUT2D eigenvalue weighted by molar-refractivity contribution is 5.91. The van der Waals surface area contributed by atoms with E-state index in [0.717, 1.165) is 5.56 Å². The van der Waals surface area contributed by atoms with Crippen molar-refractivity contribution in [1.82, 2.24) is 0 Å². The van der Waals surface area contributed by atoms with Crippen LogP contribution in [-0.4, -0.2) is 12.6 Å². The maximum atomic E-state index is 12.3. The van der Waals surface area contributed by atoms with Crippen molar-refractivity contribution < 1.29 is 27.4 Å². The van der Waals surface area contributed by atoms with Crippen LogP contribution in [0.5, 0.6) is 11.5 Å². The summed E-state index contributed by atoms with van der Waals surface area (Å²) in [5, 5.41) is 0. The summed E-state index contributed by atoms with van der Waals surface area (Å²) >= 11 is 0. The van der Waals surface area contributed by atoms with E-state index in [2.05, 4.69) is 4.74 Å². The Balaban J connectivity index is 1.84. The van der Waals surface area contributed by atoms with Gasteiger partial charge in [-0.05, 0) is 34.9 Å². The maximum absolute atomic E-state index is 12.3. The standard InChI is InChI=1S/C21H15F3O3/c22-21(23,24)27-17-11-9-16(10-12-17)18-7-4-8-20(19(18)13-25)26-14-15-5-2-1-3-6-15/h1-13H,14H2. The highest BCUT2D eigenvalue weighted by atomic mass is 19.4. The number of benzene rings is 3. The quantitative estimate of drug-likeness (QED) is 0.525. The molecule has 3 aromatic carbocycles. The van der Waals surface area contributed by atoms with E-state index in [-0.39, 0.29) is 5.75 Å². The predicted octanol–water partition coefficient (Wildman–Crippen LogP) is 5.64. The lowest BCUT2D eigenvalue weighted by Gasteiger charge is -2.13. The Morgan fingerprint density at radius 3 is 2.19 bits per heavy atom. The van der Waals surface area contributed by atoms with Crippen LogP contribution in [0.2, 0.25) is 0 Å². The molecule has 0 aromatic heterocycles. The molecule has 0 aliphatic rings. The van der Waals surface area contributed by atoms with Crippen molar-refractivity contribution >= 4 is 6.29 Å². The first-order valence-corrected chi connectivity index (χ1v) is 8.07. The van der Waals surface area contributed by atoms with Gasteiger partial charge in [0.05, 0.1) is 5.56 Å². The Morgan fingerprint density at radius 2 is 1.56 bits per heavy atom. The second kappa shape index (κ2) is 7.95. The minimum Gasteiger partial charge on any atom is -0.488 e. The number of aldehydes is 1. The molecular weight excluding hydrogens is 357 g/mol. The number of hydrogen-bond donors (Lipinski definition) is 0. The predicted molar refractivity (Wildman–Crippen MR) is 94.7 cm³/mol. The normalized spacial score (nSPS) is 11.1. The summed E-state index contributed by atoms with van der Waals surface area (Å²) < 4.78 is 46.5. The summed E-state index contributed by atoms with van der Waals surface area (Å²) in [6.07, 6.45) is -4.07. The lowest BCUT2D eigenvalue weighted by atomic mass is 9.99. The lowest BCUT2D eigenvalue weighted by molar-refractivity contribution is -0.274. The van der Waals surface area contributed by atoms with Gasteiger partial charge in [-0.1, -0.05) is 54.6 Å². The Labute approximate surface area is 154 Å². The molecule has 138 valence electrons. The van der Waals surface area contributed by atoms with Crippen molar-refractivity contribution in [3.63, 3.8) is 0 Å². The van der Waals surface area contributed by atoms with Gasteiger partial charge in [-0.15, -0.1) is 13.2 Å². The van der Waals surface area contributed by atoms with E-state index in [9.17, 15) is 18.0 Å². The fourth-order valence-corrected chi connectivity index (χ4v) is 2.61. The summed E-state index contributed by atoms with van der Waals surface area (Å²) in [5.74, 6) is 0.0809. The summed E-state index contributed by atoms with van der Waals surface area (Å²) in [6, 6.07) is 19.9. The second-order valence-corrected chi connectivity index (χ2v) is 5.68. The van der Waals surface area contributed by atoms with E-state index >= 15 is 0 Å². The van der Waals surface area contributed by atoms with Crippen LogP contribution in [0.15, 0.2) is 72.8 Å². The van der Waals surface area contributed by atoms with E-state index in [1.807, 2.05) is 30.3 Å². The van der Waals surface area contributed by atoms with Gasteiger partial charge in [-0.3, -0.25) is 4.79 Å². The summed E-state index contributed by atoms with van der Waals surface area (Å²) in [5.41, 5.74) is 2.43. The molecule has 0 aliphatic carbocycles. The van der Waals surface area contributed by atoms with E-state index in [4.69, 9.17) is 4.74 Å². The summed E-state index contributed by atoms with van der Waals surface area (Å²) in [7, 11) is 0. The molecular formula is C21H15F3O3. The maximum Gasteiger partial charge on any atom is 0.573 e. The molecule has 6 heteroatoms. The second-order valence-electron chi connectivity index (χ2n) is 5.68. The van der Waals surface area contributed by atoms with Gasteiger partial charge < -0.3 is 9.47 Å². The molecule has 27 heavy (non-hydrogen) atoms. The van der Waals surface area contributed by atoms with Gasteiger partial charge in [0.25, 0.3) is 0 Å². The van der Waals surface area contributed by atoms with E-state index in [1.54, 1.807) is 18.2 Å². The third-order valence-electron chi connectivity index (χ3n) is 3.82.